The summed E-state index contributed by atoms with van der Waals surface area (Å²) in [6.45, 7) is 1.20. The van der Waals surface area contributed by atoms with Crippen LogP contribution in [-0.4, -0.2) is 74.5 Å². The molecule has 0 radical (unpaired) electrons. The molecule has 36 heavy (non-hydrogen) atoms. The lowest BCUT2D eigenvalue weighted by Crippen LogP contribution is -2.37. The van der Waals surface area contributed by atoms with Gasteiger partial charge in [-0.05, 0) is 11.6 Å². The van der Waals surface area contributed by atoms with E-state index in [9.17, 15) is 31.5 Å². The predicted octanol–water partition coefficient (Wildman–Crippen LogP) is 1.79. The van der Waals surface area contributed by atoms with Gasteiger partial charge in [-0.2, -0.15) is 18.3 Å². The van der Waals surface area contributed by atoms with Gasteiger partial charge in [-0.25, -0.2) is 13.6 Å². The van der Waals surface area contributed by atoms with Crippen molar-refractivity contribution in [3.63, 3.8) is 0 Å². The van der Waals surface area contributed by atoms with Crippen molar-refractivity contribution in [2.75, 3.05) is 19.7 Å². The third kappa shape index (κ3) is 6.33. The van der Waals surface area contributed by atoms with Gasteiger partial charge in [0.15, 0.2) is 0 Å². The van der Waals surface area contributed by atoms with Crippen molar-refractivity contribution in [3.8, 4) is 0 Å². The molecule has 2 amide bonds. The van der Waals surface area contributed by atoms with Gasteiger partial charge in [0.1, 0.15) is 5.69 Å². The second-order valence-electron chi connectivity index (χ2n) is 8.14. The molecule has 2 aromatic rings. The van der Waals surface area contributed by atoms with Crippen molar-refractivity contribution in [3.05, 3.63) is 47.5 Å². The molecule has 196 valence electrons. The molecule has 4 rings (SSSR count). The zero-order valence-corrected chi connectivity index (χ0v) is 18.8. The fraction of sp³-hybridized carbons (Fsp3) is 0.476. The average molecular weight is 519 g/mol. The van der Waals surface area contributed by atoms with E-state index >= 15 is 0 Å². The Balaban J connectivity index is 0.000000454. The van der Waals surface area contributed by atoms with Crippen LogP contribution in [0.3, 0.4) is 0 Å². The highest BCUT2D eigenvalue weighted by Gasteiger charge is 2.48. The van der Waals surface area contributed by atoms with E-state index in [1.807, 2.05) is 6.07 Å². The van der Waals surface area contributed by atoms with Gasteiger partial charge in [-0.15, -0.1) is 0 Å². The molecule has 2 aromatic heterocycles. The Kier molecular flexibility index (Phi) is 8.22. The first-order chi connectivity index (χ1) is 16.9. The fourth-order valence-electron chi connectivity index (χ4n) is 3.97. The van der Waals surface area contributed by atoms with Crippen LogP contribution in [0.4, 0.5) is 22.0 Å². The fourth-order valence-corrected chi connectivity index (χ4v) is 3.97. The molecule has 3 atom stereocenters. The van der Waals surface area contributed by atoms with E-state index in [1.54, 1.807) is 18.5 Å². The second-order valence-corrected chi connectivity index (χ2v) is 8.14. The minimum atomic E-state index is -5.08. The van der Waals surface area contributed by atoms with E-state index in [2.05, 4.69) is 15.4 Å². The standard InChI is InChI=1S/C19H21F2N5O3.C2HF3O2/c1-25-7-13(16(24-25)17(20)21)19(28)26-8-12-14(10-29-15(12)9-26)18(27)23-6-11-3-2-4-22-5-11;3-2(4,5)1(6)7/h2-5,7,12,14-15,17H,6,8-10H2,1H3,(H,23,27);(H,6,7)/t12-,14+,15-;/m1./s1. The third-order valence-corrected chi connectivity index (χ3v) is 5.67. The number of aryl methyl sites for hydroxylation is 1. The number of aromatic nitrogens is 3. The summed E-state index contributed by atoms with van der Waals surface area (Å²) in [5.74, 6) is -3.98. The molecule has 0 saturated carbocycles. The van der Waals surface area contributed by atoms with Crippen LogP contribution in [0.1, 0.15) is 28.0 Å². The highest BCUT2D eigenvalue weighted by atomic mass is 19.4. The zero-order valence-electron chi connectivity index (χ0n) is 18.8. The van der Waals surface area contributed by atoms with Crippen molar-refractivity contribution in [2.24, 2.45) is 18.9 Å². The van der Waals surface area contributed by atoms with Crippen molar-refractivity contribution in [1.29, 1.82) is 0 Å². The Morgan fingerprint density at radius 3 is 2.56 bits per heavy atom. The van der Waals surface area contributed by atoms with Gasteiger partial charge in [-0.3, -0.25) is 19.3 Å². The molecule has 2 fully saturated rings. The maximum absolute atomic E-state index is 13.2. The van der Waals surface area contributed by atoms with Crippen LogP contribution < -0.4 is 5.32 Å². The topological polar surface area (TPSA) is 127 Å². The first-order valence-corrected chi connectivity index (χ1v) is 10.6. The number of rotatable bonds is 5. The number of halogens is 5. The Hall–Kier alpha value is -3.62. The molecular weight excluding hydrogens is 497 g/mol. The average Bonchev–Trinajstić information content (AvgIpc) is 3.51. The number of pyridine rings is 1. The lowest BCUT2D eigenvalue weighted by molar-refractivity contribution is -0.192. The molecule has 0 aromatic carbocycles. The molecule has 15 heteroatoms. The number of aliphatic carboxylic acids is 1. The van der Waals surface area contributed by atoms with Crippen molar-refractivity contribution in [1.82, 2.24) is 25.0 Å². The molecule has 2 N–H and O–H groups in total. The summed E-state index contributed by atoms with van der Waals surface area (Å²) in [5, 5.41) is 13.7. The van der Waals surface area contributed by atoms with E-state index in [4.69, 9.17) is 14.6 Å². The first-order valence-electron chi connectivity index (χ1n) is 10.6. The van der Waals surface area contributed by atoms with Crippen LogP contribution in [0, 0.1) is 11.8 Å². The van der Waals surface area contributed by atoms with Gasteiger partial charge in [0.25, 0.3) is 12.3 Å². The van der Waals surface area contributed by atoms with Crippen molar-refractivity contribution >= 4 is 17.8 Å². The van der Waals surface area contributed by atoms with Gasteiger partial charge < -0.3 is 20.1 Å². The van der Waals surface area contributed by atoms with Crippen LogP contribution in [-0.2, 0) is 27.9 Å². The SMILES string of the molecule is Cn1cc(C(=O)N2C[C@@H]3[C@@H](C(=O)NCc4cccnc4)CO[C@@H]3C2)c(C(F)F)n1.O=C(O)C(F)(F)F. The predicted molar refractivity (Wildman–Crippen MR) is 111 cm³/mol. The number of amides is 2. The molecule has 0 unspecified atom stereocenters. The zero-order chi connectivity index (χ0) is 26.6. The Bertz CT molecular complexity index is 1090. The van der Waals surface area contributed by atoms with Gasteiger partial charge in [0.2, 0.25) is 5.91 Å². The minimum Gasteiger partial charge on any atom is -0.475 e. The number of carboxylic acids is 1. The minimum absolute atomic E-state index is 0.111. The van der Waals surface area contributed by atoms with Crippen molar-refractivity contribution < 1.29 is 46.2 Å². The van der Waals surface area contributed by atoms with E-state index in [0.29, 0.717) is 6.54 Å². The number of nitrogens with zero attached hydrogens (tertiary/aromatic N) is 4. The van der Waals surface area contributed by atoms with Gasteiger partial charge in [0, 0.05) is 51.2 Å². The molecule has 2 aliphatic heterocycles. The van der Waals surface area contributed by atoms with Crippen LogP contribution in [0.2, 0.25) is 0 Å². The summed E-state index contributed by atoms with van der Waals surface area (Å²) >= 11 is 0. The third-order valence-electron chi connectivity index (χ3n) is 5.67. The molecule has 2 aliphatic rings. The number of carbonyl (C=O) groups excluding carboxylic acids is 2. The molecule has 0 bridgehead atoms. The maximum atomic E-state index is 13.2. The summed E-state index contributed by atoms with van der Waals surface area (Å²) in [5.41, 5.74) is 0.247. The van der Waals surface area contributed by atoms with Crippen LogP contribution >= 0.6 is 0 Å². The normalized spacial score (nSPS) is 21.1. The first kappa shape index (κ1) is 27.0. The number of carbonyl (C=O) groups is 3. The maximum Gasteiger partial charge on any atom is 0.490 e. The second kappa shape index (κ2) is 11.0. The van der Waals surface area contributed by atoms with Crippen LogP contribution in [0.25, 0.3) is 0 Å². The highest BCUT2D eigenvalue weighted by molar-refractivity contribution is 5.95. The summed E-state index contributed by atoms with van der Waals surface area (Å²) in [6, 6.07) is 3.66. The Morgan fingerprint density at radius 1 is 1.28 bits per heavy atom. The number of nitrogens with one attached hydrogen (secondary N) is 1. The summed E-state index contributed by atoms with van der Waals surface area (Å²) < 4.78 is 65.0. The summed E-state index contributed by atoms with van der Waals surface area (Å²) in [4.78, 5) is 39.8. The number of fused-ring (bicyclic) bond motifs is 1. The van der Waals surface area contributed by atoms with Crippen LogP contribution in [0.15, 0.2) is 30.7 Å². The smallest absolute Gasteiger partial charge is 0.475 e. The van der Waals surface area contributed by atoms with Gasteiger partial charge >= 0.3 is 12.1 Å². The van der Waals surface area contributed by atoms with Gasteiger partial charge in [0.05, 0.1) is 24.2 Å². The van der Waals surface area contributed by atoms with E-state index < -0.39 is 36.1 Å². The number of carboxylic acid groups (broad SMARTS) is 1. The van der Waals surface area contributed by atoms with E-state index in [1.165, 1.54) is 22.8 Å². The molecular formula is C21H22F5N5O5. The summed E-state index contributed by atoms with van der Waals surface area (Å²) in [6.07, 6.45) is -3.55. The molecule has 10 nitrogen and oxygen atoms in total. The molecule has 0 aliphatic carbocycles. The molecule has 2 saturated heterocycles. The van der Waals surface area contributed by atoms with Crippen molar-refractivity contribution in [2.45, 2.75) is 25.3 Å². The number of hydrogen-bond acceptors (Lipinski definition) is 6. The lowest BCUT2D eigenvalue weighted by atomic mass is 9.92. The van der Waals surface area contributed by atoms with Gasteiger partial charge in [-0.1, -0.05) is 6.07 Å². The number of alkyl halides is 5. The number of hydrogen-bond donors (Lipinski definition) is 2. The molecule has 4 heterocycles. The van der Waals surface area contributed by atoms with E-state index in [0.717, 1.165) is 5.56 Å². The Labute approximate surface area is 201 Å². The Morgan fingerprint density at radius 2 is 1.97 bits per heavy atom. The monoisotopic (exact) mass is 519 g/mol. The number of ether oxygens (including phenoxy) is 1. The lowest BCUT2D eigenvalue weighted by Gasteiger charge is -2.19. The highest BCUT2D eigenvalue weighted by Crippen LogP contribution is 2.35. The number of likely N-dealkylation sites (tertiary alicyclic amines) is 1. The quantitative estimate of drug-likeness (QED) is 0.577. The molecule has 0 spiro atoms. The van der Waals surface area contributed by atoms with E-state index in [-0.39, 0.29) is 43.2 Å². The van der Waals surface area contributed by atoms with Crippen LogP contribution in [0.5, 0.6) is 0 Å². The largest absolute Gasteiger partial charge is 0.490 e. The summed E-state index contributed by atoms with van der Waals surface area (Å²) in [7, 11) is 1.49.